The van der Waals surface area contributed by atoms with Gasteiger partial charge in [-0.05, 0) is 42.5 Å². The fraction of sp³-hybridized carbons (Fsp3) is 0.190. The maximum atomic E-state index is 13.1. The Morgan fingerprint density at radius 1 is 0.892 bits per heavy atom. The van der Waals surface area contributed by atoms with Gasteiger partial charge in [0.1, 0.15) is 5.69 Å². The van der Waals surface area contributed by atoms with Gasteiger partial charge in [-0.3, -0.25) is 9.78 Å². The average Bonchev–Trinajstić information content (AvgIpc) is 2.81. The third-order valence-electron chi connectivity index (χ3n) is 4.74. The molecule has 0 aliphatic carbocycles. The van der Waals surface area contributed by atoms with Gasteiger partial charge in [-0.2, -0.15) is 26.3 Å². The summed E-state index contributed by atoms with van der Waals surface area (Å²) in [5, 5.41) is 1.26. The van der Waals surface area contributed by atoms with Crippen molar-refractivity contribution in [1.82, 2.24) is 15.3 Å². The van der Waals surface area contributed by atoms with E-state index in [0.29, 0.717) is 30.5 Å². The van der Waals surface area contributed by atoms with Crippen LogP contribution in [0.5, 0.6) is 0 Å². The summed E-state index contributed by atoms with van der Waals surface area (Å²) in [5.41, 5.74) is -3.36. The van der Waals surface area contributed by atoms with Crippen LogP contribution in [0.2, 0.25) is 0 Å². The molecule has 1 amide bonds. The number of hydrogen-bond acceptors (Lipinski definition) is 7. The fourth-order valence-electron chi connectivity index (χ4n) is 2.89. The largest absolute Gasteiger partial charge is 0.433 e. The molecule has 0 saturated heterocycles. The third kappa shape index (κ3) is 6.62. The standard InChI is InChI=1S/C21H15F6N3O5S2/c1-36(32,33)18-8-12(7-17(30-18)21(25,26)27)19(31)29-10-14-5-6-16(11-28-14)37(34,35)15-4-2-3-13(9-15)20(22,23)24/h2-9,11H,10H2,1H3,(H,29,31). The maximum Gasteiger partial charge on any atom is 0.433 e. The van der Waals surface area contributed by atoms with Gasteiger partial charge in [0.2, 0.25) is 9.84 Å². The zero-order valence-electron chi connectivity index (χ0n) is 18.4. The van der Waals surface area contributed by atoms with E-state index in [4.69, 9.17) is 0 Å². The summed E-state index contributed by atoms with van der Waals surface area (Å²) in [6.45, 7) is -0.402. The van der Waals surface area contributed by atoms with Crippen molar-refractivity contribution in [2.45, 2.75) is 33.7 Å². The van der Waals surface area contributed by atoms with Crippen molar-refractivity contribution in [3.05, 3.63) is 77.2 Å². The summed E-state index contributed by atoms with van der Waals surface area (Å²) >= 11 is 0. The molecule has 0 aliphatic heterocycles. The SMILES string of the molecule is CS(=O)(=O)c1cc(C(=O)NCc2ccc(S(=O)(=O)c3cccc(C(F)(F)F)c3)cn2)cc(C(F)(F)F)n1. The van der Waals surface area contributed by atoms with Crippen LogP contribution in [0.4, 0.5) is 26.3 Å². The van der Waals surface area contributed by atoms with Crippen molar-refractivity contribution in [3.63, 3.8) is 0 Å². The van der Waals surface area contributed by atoms with Crippen LogP contribution in [-0.2, 0) is 38.6 Å². The van der Waals surface area contributed by atoms with Crippen LogP contribution in [0, 0.1) is 0 Å². The lowest BCUT2D eigenvalue weighted by Gasteiger charge is -2.11. The monoisotopic (exact) mass is 567 g/mol. The Bertz CT molecular complexity index is 1550. The molecule has 8 nitrogen and oxygen atoms in total. The number of halogens is 6. The number of carbonyl (C=O) groups is 1. The first-order valence-corrected chi connectivity index (χ1v) is 13.2. The van der Waals surface area contributed by atoms with E-state index < -0.39 is 76.1 Å². The molecule has 1 N–H and O–H groups in total. The number of hydrogen-bond donors (Lipinski definition) is 1. The van der Waals surface area contributed by atoms with Gasteiger partial charge in [-0.25, -0.2) is 21.8 Å². The predicted molar refractivity (Wildman–Crippen MR) is 115 cm³/mol. The minimum absolute atomic E-state index is 0.0461. The van der Waals surface area contributed by atoms with E-state index in [1.54, 1.807) is 0 Å². The lowest BCUT2D eigenvalue weighted by molar-refractivity contribution is -0.141. The Kier molecular flexibility index (Phi) is 7.38. The van der Waals surface area contributed by atoms with Gasteiger partial charge in [0.05, 0.1) is 27.6 Å². The van der Waals surface area contributed by atoms with E-state index in [-0.39, 0.29) is 5.69 Å². The Morgan fingerprint density at radius 2 is 1.57 bits per heavy atom. The molecule has 0 unspecified atom stereocenters. The van der Waals surface area contributed by atoms with Crippen molar-refractivity contribution < 1.29 is 48.0 Å². The van der Waals surface area contributed by atoms with Crippen molar-refractivity contribution >= 4 is 25.6 Å². The van der Waals surface area contributed by atoms with E-state index in [9.17, 15) is 48.0 Å². The summed E-state index contributed by atoms with van der Waals surface area (Å²) in [5.74, 6) is -1.10. The first-order chi connectivity index (χ1) is 16.9. The van der Waals surface area contributed by atoms with Crippen LogP contribution in [0.1, 0.15) is 27.3 Å². The first-order valence-electron chi connectivity index (χ1n) is 9.84. The van der Waals surface area contributed by atoms with Gasteiger partial charge >= 0.3 is 12.4 Å². The van der Waals surface area contributed by atoms with Crippen molar-refractivity contribution in [2.24, 2.45) is 0 Å². The highest BCUT2D eigenvalue weighted by molar-refractivity contribution is 7.91. The summed E-state index contributed by atoms with van der Waals surface area (Å²) in [6, 6.07) is 6.29. The second-order valence-electron chi connectivity index (χ2n) is 7.55. The number of pyridine rings is 2. The van der Waals surface area contributed by atoms with Crippen LogP contribution in [0.3, 0.4) is 0 Å². The van der Waals surface area contributed by atoms with Crippen LogP contribution in [-0.4, -0.2) is 39.0 Å². The minimum Gasteiger partial charge on any atom is -0.346 e. The number of sulfone groups is 2. The number of rotatable bonds is 6. The van der Waals surface area contributed by atoms with Crippen LogP contribution >= 0.6 is 0 Å². The van der Waals surface area contributed by atoms with Gasteiger partial charge in [-0.15, -0.1) is 0 Å². The molecule has 1 aromatic carbocycles. The zero-order chi connectivity index (χ0) is 27.8. The molecule has 2 aromatic heterocycles. The highest BCUT2D eigenvalue weighted by Gasteiger charge is 2.35. The zero-order valence-corrected chi connectivity index (χ0v) is 20.1. The Labute approximate surface area is 206 Å². The van der Waals surface area contributed by atoms with Crippen LogP contribution in [0.15, 0.2) is 69.5 Å². The molecule has 37 heavy (non-hydrogen) atoms. The molecule has 2 heterocycles. The summed E-state index contributed by atoms with van der Waals surface area (Å²) in [6.07, 6.45) is -8.33. The normalized spacial score (nSPS) is 12.8. The topological polar surface area (TPSA) is 123 Å². The van der Waals surface area contributed by atoms with Gasteiger partial charge in [0.25, 0.3) is 5.91 Å². The van der Waals surface area contributed by atoms with E-state index in [1.807, 2.05) is 0 Å². The molecular formula is C21H15F6N3O5S2. The third-order valence-corrected chi connectivity index (χ3v) is 7.45. The molecule has 0 atom stereocenters. The molecule has 198 valence electrons. The second kappa shape index (κ2) is 9.74. The highest BCUT2D eigenvalue weighted by atomic mass is 32.2. The summed E-state index contributed by atoms with van der Waals surface area (Å²) in [4.78, 5) is 18.2. The maximum absolute atomic E-state index is 13.1. The highest BCUT2D eigenvalue weighted by Crippen LogP contribution is 2.32. The predicted octanol–water partition coefficient (Wildman–Crippen LogP) is 3.68. The number of aromatic nitrogens is 2. The molecule has 3 aromatic rings. The summed E-state index contributed by atoms with van der Waals surface area (Å²) < 4.78 is 127. The average molecular weight is 567 g/mol. The summed E-state index contributed by atoms with van der Waals surface area (Å²) in [7, 11) is -8.55. The van der Waals surface area contributed by atoms with Crippen LogP contribution < -0.4 is 5.32 Å². The molecule has 0 saturated carbocycles. The van der Waals surface area contributed by atoms with E-state index >= 15 is 0 Å². The molecule has 16 heteroatoms. The Morgan fingerprint density at radius 3 is 2.11 bits per heavy atom. The first kappa shape index (κ1) is 28.0. The lowest BCUT2D eigenvalue weighted by Crippen LogP contribution is -2.25. The van der Waals surface area contributed by atoms with Gasteiger partial charge in [0.15, 0.2) is 14.9 Å². The van der Waals surface area contributed by atoms with Crippen LogP contribution in [0.25, 0.3) is 0 Å². The van der Waals surface area contributed by atoms with Crippen molar-refractivity contribution in [3.8, 4) is 0 Å². The number of nitrogens with zero attached hydrogens (tertiary/aromatic N) is 2. The molecule has 0 radical (unpaired) electrons. The molecule has 0 bridgehead atoms. The fourth-order valence-corrected chi connectivity index (χ4v) is 4.75. The Balaban J connectivity index is 1.80. The van der Waals surface area contributed by atoms with Gasteiger partial charge in [-0.1, -0.05) is 6.07 Å². The molecule has 0 fully saturated rings. The van der Waals surface area contributed by atoms with E-state index in [1.165, 1.54) is 0 Å². The molecular weight excluding hydrogens is 552 g/mol. The number of benzene rings is 1. The lowest BCUT2D eigenvalue weighted by atomic mass is 10.2. The minimum atomic E-state index is -5.03. The van der Waals surface area contributed by atoms with Gasteiger partial charge < -0.3 is 5.32 Å². The number of carbonyl (C=O) groups excluding carboxylic acids is 1. The number of amides is 1. The van der Waals surface area contributed by atoms with Crippen molar-refractivity contribution in [2.75, 3.05) is 6.26 Å². The number of nitrogens with one attached hydrogen (secondary N) is 1. The second-order valence-corrected chi connectivity index (χ2v) is 11.5. The van der Waals surface area contributed by atoms with Gasteiger partial charge in [0, 0.05) is 18.0 Å². The quantitative estimate of drug-likeness (QED) is 0.451. The molecule has 3 rings (SSSR count). The van der Waals surface area contributed by atoms with E-state index in [0.717, 1.165) is 30.5 Å². The molecule has 0 spiro atoms. The Hall–Kier alpha value is -3.53. The number of alkyl halides is 6. The smallest absolute Gasteiger partial charge is 0.346 e. The van der Waals surface area contributed by atoms with E-state index in [2.05, 4.69) is 15.3 Å². The van der Waals surface area contributed by atoms with Crippen molar-refractivity contribution in [1.29, 1.82) is 0 Å². The molecule has 0 aliphatic rings.